The zero-order valence-corrected chi connectivity index (χ0v) is 13.8. The van der Waals surface area contributed by atoms with E-state index in [0.29, 0.717) is 10.0 Å². The van der Waals surface area contributed by atoms with E-state index in [1.165, 1.54) is 7.11 Å². The molecule has 0 spiro atoms. The average Bonchev–Trinajstić information content (AvgIpc) is 2.35. The van der Waals surface area contributed by atoms with Gasteiger partial charge in [-0.3, -0.25) is 9.52 Å². The van der Waals surface area contributed by atoms with Gasteiger partial charge in [-0.15, -0.1) is 0 Å². The first-order valence-corrected chi connectivity index (χ1v) is 8.27. The van der Waals surface area contributed by atoms with E-state index in [2.05, 4.69) is 25.4 Å². The highest BCUT2D eigenvalue weighted by atomic mass is 79.9. The summed E-state index contributed by atoms with van der Waals surface area (Å²) >= 11 is 8.09. The van der Waals surface area contributed by atoms with Gasteiger partial charge in [0, 0.05) is 10.0 Å². The minimum atomic E-state index is -3.70. The summed E-state index contributed by atoms with van der Waals surface area (Å²) in [6.07, 6.45) is -0.234. The highest BCUT2D eigenvalue weighted by Gasteiger charge is 2.16. The number of rotatable bonds is 6. The highest BCUT2D eigenvalue weighted by molar-refractivity contribution is 9.10. The van der Waals surface area contributed by atoms with Crippen LogP contribution in [0.4, 0.5) is 5.69 Å². The summed E-state index contributed by atoms with van der Waals surface area (Å²) < 4.78 is 31.2. The van der Waals surface area contributed by atoms with E-state index in [9.17, 15) is 13.2 Å². The predicted molar refractivity (Wildman–Crippen MR) is 84.1 cm³/mol. The molecular formula is C11H13BrN2O4S2. The fourth-order valence-electron chi connectivity index (χ4n) is 1.35. The maximum Gasteiger partial charge on any atom is 0.306 e. The Labute approximate surface area is 130 Å². The number of hydrogen-bond donors (Lipinski definition) is 2. The largest absolute Gasteiger partial charge is 0.469 e. The Morgan fingerprint density at radius 2 is 2.15 bits per heavy atom. The standard InChI is InChI=1S/C11H13BrN2O4S2/c1-18-10(15)4-5-20(16,17)14-9-6-7(12)2-3-8(9)11(13)19/h2-3,6,14H,4-5H2,1H3,(H2,13,19). The number of nitrogens with two attached hydrogens (primary N) is 1. The lowest BCUT2D eigenvalue weighted by atomic mass is 10.2. The van der Waals surface area contributed by atoms with Crippen LogP contribution in [0.5, 0.6) is 0 Å². The van der Waals surface area contributed by atoms with Crippen LogP contribution in [-0.2, 0) is 19.6 Å². The van der Waals surface area contributed by atoms with E-state index in [0.717, 1.165) is 0 Å². The molecule has 1 aromatic carbocycles. The second-order valence-electron chi connectivity index (χ2n) is 3.80. The molecule has 110 valence electrons. The Kier molecular flexibility index (Phi) is 5.90. The van der Waals surface area contributed by atoms with Gasteiger partial charge in [0.05, 0.1) is 25.0 Å². The lowest BCUT2D eigenvalue weighted by Crippen LogP contribution is -2.22. The third kappa shape index (κ3) is 5.06. The molecule has 9 heteroatoms. The molecule has 3 N–H and O–H groups in total. The zero-order chi connectivity index (χ0) is 15.3. The minimum absolute atomic E-state index is 0.0724. The molecule has 0 amide bonds. The quantitative estimate of drug-likeness (QED) is 0.571. The SMILES string of the molecule is COC(=O)CCS(=O)(=O)Nc1cc(Br)ccc1C(N)=S. The van der Waals surface area contributed by atoms with Crippen LogP contribution in [-0.4, -0.2) is 32.2 Å². The van der Waals surface area contributed by atoms with Crippen molar-refractivity contribution in [3.63, 3.8) is 0 Å². The molecule has 0 unspecified atom stereocenters. The smallest absolute Gasteiger partial charge is 0.306 e. The van der Waals surface area contributed by atoms with Gasteiger partial charge in [-0.2, -0.15) is 0 Å². The molecule has 0 aliphatic heterocycles. The van der Waals surface area contributed by atoms with Crippen molar-refractivity contribution in [2.24, 2.45) is 5.73 Å². The Morgan fingerprint density at radius 1 is 1.50 bits per heavy atom. The van der Waals surface area contributed by atoms with Crippen LogP contribution >= 0.6 is 28.1 Å². The van der Waals surface area contributed by atoms with Gasteiger partial charge in [0.2, 0.25) is 10.0 Å². The normalized spacial score (nSPS) is 10.9. The van der Waals surface area contributed by atoms with E-state index >= 15 is 0 Å². The van der Waals surface area contributed by atoms with Crippen LogP contribution in [0.1, 0.15) is 12.0 Å². The summed E-state index contributed by atoms with van der Waals surface area (Å²) in [7, 11) is -2.50. The van der Waals surface area contributed by atoms with Gasteiger partial charge in [-0.1, -0.05) is 28.1 Å². The molecule has 0 saturated heterocycles. The predicted octanol–water partition coefficient (Wildman–Crippen LogP) is 1.39. The van der Waals surface area contributed by atoms with Gasteiger partial charge in [0.1, 0.15) is 4.99 Å². The average molecular weight is 381 g/mol. The van der Waals surface area contributed by atoms with Gasteiger partial charge < -0.3 is 10.5 Å². The van der Waals surface area contributed by atoms with Crippen molar-refractivity contribution < 1.29 is 17.9 Å². The van der Waals surface area contributed by atoms with Crippen molar-refractivity contribution in [2.45, 2.75) is 6.42 Å². The van der Waals surface area contributed by atoms with Crippen LogP contribution in [0.25, 0.3) is 0 Å². The minimum Gasteiger partial charge on any atom is -0.469 e. The zero-order valence-electron chi connectivity index (χ0n) is 10.6. The van der Waals surface area contributed by atoms with Crippen molar-refractivity contribution in [2.75, 3.05) is 17.6 Å². The van der Waals surface area contributed by atoms with Crippen molar-refractivity contribution in [1.82, 2.24) is 0 Å². The molecule has 0 bridgehead atoms. The maximum atomic E-state index is 11.9. The fourth-order valence-corrected chi connectivity index (χ4v) is 2.93. The van der Waals surface area contributed by atoms with E-state index < -0.39 is 16.0 Å². The highest BCUT2D eigenvalue weighted by Crippen LogP contribution is 2.22. The summed E-state index contributed by atoms with van der Waals surface area (Å²) in [5.41, 5.74) is 6.20. The molecule has 0 fully saturated rings. The van der Waals surface area contributed by atoms with Crippen LogP contribution in [0.3, 0.4) is 0 Å². The molecule has 0 saturated carbocycles. The van der Waals surface area contributed by atoms with Crippen LogP contribution in [0.2, 0.25) is 0 Å². The summed E-state index contributed by atoms with van der Waals surface area (Å²) in [5.74, 6) is -0.984. The monoisotopic (exact) mass is 380 g/mol. The molecule has 6 nitrogen and oxygen atoms in total. The third-order valence-corrected chi connectivity index (χ3v) is 4.30. The van der Waals surface area contributed by atoms with Gasteiger partial charge >= 0.3 is 5.97 Å². The Bertz CT molecular complexity index is 631. The van der Waals surface area contributed by atoms with Gasteiger partial charge in [0.25, 0.3) is 0 Å². The van der Waals surface area contributed by atoms with E-state index in [-0.39, 0.29) is 22.8 Å². The third-order valence-electron chi connectivity index (χ3n) is 2.32. The second kappa shape index (κ2) is 7.00. The first kappa shape index (κ1) is 16.9. The first-order valence-electron chi connectivity index (χ1n) is 5.42. The number of methoxy groups -OCH3 is 1. The summed E-state index contributed by atoms with van der Waals surface area (Å²) in [5, 5.41) is 0. The topological polar surface area (TPSA) is 98.5 Å². The lowest BCUT2D eigenvalue weighted by Gasteiger charge is -2.12. The molecule has 1 rings (SSSR count). The van der Waals surface area contributed by atoms with E-state index in [4.69, 9.17) is 18.0 Å². The number of nitrogens with one attached hydrogen (secondary N) is 1. The van der Waals surface area contributed by atoms with Crippen LogP contribution in [0.15, 0.2) is 22.7 Å². The molecule has 0 heterocycles. The van der Waals surface area contributed by atoms with E-state index in [1.807, 2.05) is 0 Å². The molecule has 0 radical (unpaired) electrons. The summed E-state index contributed by atoms with van der Waals surface area (Å²) in [6, 6.07) is 4.84. The van der Waals surface area contributed by atoms with Crippen molar-refractivity contribution in [3.05, 3.63) is 28.2 Å². The van der Waals surface area contributed by atoms with Crippen molar-refractivity contribution in [3.8, 4) is 0 Å². The lowest BCUT2D eigenvalue weighted by molar-refractivity contribution is -0.140. The number of anilines is 1. The van der Waals surface area contributed by atoms with Crippen molar-refractivity contribution in [1.29, 1.82) is 0 Å². The van der Waals surface area contributed by atoms with Crippen molar-refractivity contribution >= 4 is 54.8 Å². The molecule has 0 aliphatic rings. The number of esters is 1. The second-order valence-corrected chi connectivity index (χ2v) is 7.00. The molecule has 0 aliphatic carbocycles. The van der Waals surface area contributed by atoms with Crippen LogP contribution in [0, 0.1) is 0 Å². The molecule has 0 aromatic heterocycles. The molecule has 1 aromatic rings. The number of sulfonamides is 1. The summed E-state index contributed by atoms with van der Waals surface area (Å²) in [6.45, 7) is 0. The number of hydrogen-bond acceptors (Lipinski definition) is 5. The summed E-state index contributed by atoms with van der Waals surface area (Å²) in [4.78, 5) is 11.0. The van der Waals surface area contributed by atoms with Gasteiger partial charge in [-0.05, 0) is 18.2 Å². The van der Waals surface area contributed by atoms with Gasteiger partial charge in [0.15, 0.2) is 0 Å². The number of thiocarbonyl (C=S) groups is 1. The Hall–Kier alpha value is -1.19. The van der Waals surface area contributed by atoms with Gasteiger partial charge in [-0.25, -0.2) is 8.42 Å². The molecule has 20 heavy (non-hydrogen) atoms. The fraction of sp³-hybridized carbons (Fsp3) is 0.273. The number of halogens is 1. The Morgan fingerprint density at radius 3 is 2.70 bits per heavy atom. The molecule has 0 atom stereocenters. The maximum absolute atomic E-state index is 11.9. The van der Waals surface area contributed by atoms with Crippen LogP contribution < -0.4 is 10.5 Å². The number of carbonyl (C=O) groups excluding carboxylic acids is 1. The first-order chi connectivity index (χ1) is 9.25. The number of carbonyl (C=O) groups is 1. The Balaban J connectivity index is 2.94. The number of benzene rings is 1. The number of ether oxygens (including phenoxy) is 1. The molecular weight excluding hydrogens is 368 g/mol. The van der Waals surface area contributed by atoms with E-state index in [1.54, 1.807) is 18.2 Å².